The molecule has 0 radical (unpaired) electrons. The molecule has 2 aliphatic rings. The Hall–Kier alpha value is -0.890. The summed E-state index contributed by atoms with van der Waals surface area (Å²) in [5.41, 5.74) is 1.65. The van der Waals surface area contributed by atoms with Crippen molar-refractivity contribution in [3.8, 4) is 0 Å². The van der Waals surface area contributed by atoms with E-state index >= 15 is 0 Å². The molecule has 2 saturated carbocycles. The molecule has 0 aromatic heterocycles. The summed E-state index contributed by atoms with van der Waals surface area (Å²) in [4.78, 5) is 0. The van der Waals surface area contributed by atoms with Crippen LogP contribution in [0.15, 0.2) is 24.3 Å². The highest BCUT2D eigenvalue weighted by atomic mass is 19.1. The van der Waals surface area contributed by atoms with Gasteiger partial charge in [0.1, 0.15) is 5.82 Å². The fourth-order valence-corrected chi connectivity index (χ4v) is 3.02. The smallest absolute Gasteiger partial charge is 0.123 e. The molecule has 92 valence electrons. The molecule has 3 rings (SSSR count). The Bertz CT molecular complexity index is 396. The minimum atomic E-state index is -0.131. The fourth-order valence-electron chi connectivity index (χ4n) is 3.02. The molecule has 1 nitrogen and oxygen atoms in total. The highest BCUT2D eigenvalue weighted by Gasteiger charge is 2.53. The zero-order valence-corrected chi connectivity index (χ0v) is 10.4. The number of rotatable bonds is 5. The normalized spacial score (nSPS) is 31.5. The van der Waals surface area contributed by atoms with E-state index in [4.69, 9.17) is 0 Å². The van der Waals surface area contributed by atoms with Crippen molar-refractivity contribution in [3.05, 3.63) is 35.6 Å². The molecule has 1 aromatic rings. The average Bonchev–Trinajstić information content (AvgIpc) is 3.23. The highest BCUT2D eigenvalue weighted by molar-refractivity contribution is 5.34. The van der Waals surface area contributed by atoms with E-state index in [1.165, 1.54) is 24.8 Å². The summed E-state index contributed by atoms with van der Waals surface area (Å²) in [6, 6.07) is 7.91. The predicted octanol–water partition coefficient (Wildman–Crippen LogP) is 3.25. The summed E-state index contributed by atoms with van der Waals surface area (Å²) >= 11 is 0. The third-order valence-corrected chi connectivity index (χ3v) is 4.51. The Labute approximate surface area is 102 Å². The van der Waals surface area contributed by atoms with Crippen LogP contribution in [0.2, 0.25) is 0 Å². The van der Waals surface area contributed by atoms with Crippen LogP contribution in [-0.4, -0.2) is 12.6 Å². The van der Waals surface area contributed by atoms with E-state index in [1.807, 2.05) is 12.1 Å². The zero-order valence-electron chi connectivity index (χ0n) is 10.4. The number of benzene rings is 1. The predicted molar refractivity (Wildman–Crippen MR) is 67.5 cm³/mol. The second-order valence-corrected chi connectivity index (χ2v) is 5.60. The van der Waals surface area contributed by atoms with Crippen molar-refractivity contribution in [3.63, 3.8) is 0 Å². The van der Waals surface area contributed by atoms with E-state index in [-0.39, 0.29) is 5.82 Å². The minimum Gasteiger partial charge on any atom is -0.314 e. The molecule has 2 unspecified atom stereocenters. The topological polar surface area (TPSA) is 12.0 Å². The quantitative estimate of drug-likeness (QED) is 0.823. The first kappa shape index (κ1) is 11.2. The summed E-state index contributed by atoms with van der Waals surface area (Å²) < 4.78 is 12.9. The van der Waals surface area contributed by atoms with Crippen molar-refractivity contribution >= 4 is 0 Å². The summed E-state index contributed by atoms with van der Waals surface area (Å²) in [6.45, 7) is 3.39. The molecule has 0 spiro atoms. The fraction of sp³-hybridized carbons (Fsp3) is 0.600. The molecule has 2 fully saturated rings. The SMILES string of the molecule is CCC1(c2ccc(F)cc2)CC1CNC1CC1. The van der Waals surface area contributed by atoms with Crippen LogP contribution in [0.1, 0.15) is 38.2 Å². The van der Waals surface area contributed by atoms with Gasteiger partial charge in [0.25, 0.3) is 0 Å². The summed E-state index contributed by atoms with van der Waals surface area (Å²) in [5.74, 6) is 0.617. The van der Waals surface area contributed by atoms with Crippen LogP contribution >= 0.6 is 0 Å². The summed E-state index contributed by atoms with van der Waals surface area (Å²) in [5, 5.41) is 3.61. The first-order valence-electron chi connectivity index (χ1n) is 6.74. The van der Waals surface area contributed by atoms with E-state index < -0.39 is 0 Å². The van der Waals surface area contributed by atoms with E-state index in [2.05, 4.69) is 12.2 Å². The first-order chi connectivity index (χ1) is 8.24. The van der Waals surface area contributed by atoms with Crippen LogP contribution < -0.4 is 5.32 Å². The number of hydrogen-bond acceptors (Lipinski definition) is 1. The maximum Gasteiger partial charge on any atom is 0.123 e. The van der Waals surface area contributed by atoms with Gasteiger partial charge in [-0.3, -0.25) is 0 Å². The molecule has 2 heteroatoms. The van der Waals surface area contributed by atoms with E-state index in [9.17, 15) is 4.39 Å². The lowest BCUT2D eigenvalue weighted by atomic mass is 9.90. The van der Waals surface area contributed by atoms with E-state index in [0.29, 0.717) is 5.41 Å². The maximum atomic E-state index is 12.9. The second kappa shape index (κ2) is 4.09. The second-order valence-electron chi connectivity index (χ2n) is 5.60. The van der Waals surface area contributed by atoms with Gasteiger partial charge in [0.15, 0.2) is 0 Å². The van der Waals surface area contributed by atoms with E-state index in [1.54, 1.807) is 12.1 Å². The van der Waals surface area contributed by atoms with Crippen LogP contribution in [0.4, 0.5) is 4.39 Å². The van der Waals surface area contributed by atoms with Crippen molar-refractivity contribution in [1.82, 2.24) is 5.32 Å². The first-order valence-corrected chi connectivity index (χ1v) is 6.74. The summed E-state index contributed by atoms with van der Waals surface area (Å²) in [6.07, 6.45) is 5.12. The molecule has 0 aliphatic heterocycles. The van der Waals surface area contributed by atoms with Crippen LogP contribution in [0, 0.1) is 11.7 Å². The van der Waals surface area contributed by atoms with Crippen LogP contribution in [0.3, 0.4) is 0 Å². The molecular formula is C15H20FN. The molecule has 0 heterocycles. The van der Waals surface area contributed by atoms with E-state index in [0.717, 1.165) is 24.9 Å². The molecule has 17 heavy (non-hydrogen) atoms. The number of halogens is 1. The molecule has 0 bridgehead atoms. The van der Waals surface area contributed by atoms with Gasteiger partial charge in [-0.1, -0.05) is 19.1 Å². The van der Waals surface area contributed by atoms with Crippen molar-refractivity contribution in [1.29, 1.82) is 0 Å². The number of hydrogen-bond donors (Lipinski definition) is 1. The van der Waals surface area contributed by atoms with Crippen molar-refractivity contribution in [2.45, 2.75) is 44.1 Å². The maximum absolute atomic E-state index is 12.9. The zero-order chi connectivity index (χ0) is 11.9. The Morgan fingerprint density at radius 3 is 2.59 bits per heavy atom. The lowest BCUT2D eigenvalue weighted by Crippen LogP contribution is -2.23. The van der Waals surface area contributed by atoms with Gasteiger partial charge >= 0.3 is 0 Å². The molecule has 1 aromatic carbocycles. The monoisotopic (exact) mass is 233 g/mol. The highest BCUT2D eigenvalue weighted by Crippen LogP contribution is 2.56. The standard InChI is InChI=1S/C15H20FN/c1-2-15(11-3-5-13(16)6-4-11)9-12(15)10-17-14-7-8-14/h3-6,12,14,17H,2,7-10H2,1H3. The van der Waals surface area contributed by atoms with Gasteiger partial charge in [0, 0.05) is 6.04 Å². The van der Waals surface area contributed by atoms with Crippen LogP contribution in [0.5, 0.6) is 0 Å². The third kappa shape index (κ3) is 2.11. The van der Waals surface area contributed by atoms with Crippen LogP contribution in [-0.2, 0) is 5.41 Å². The largest absolute Gasteiger partial charge is 0.314 e. The Balaban J connectivity index is 1.68. The lowest BCUT2D eigenvalue weighted by Gasteiger charge is -2.16. The Morgan fingerprint density at radius 1 is 1.29 bits per heavy atom. The van der Waals surface area contributed by atoms with Gasteiger partial charge < -0.3 is 5.32 Å². The molecule has 1 N–H and O–H groups in total. The average molecular weight is 233 g/mol. The Morgan fingerprint density at radius 2 is 2.00 bits per heavy atom. The lowest BCUT2D eigenvalue weighted by molar-refractivity contribution is 0.535. The molecule has 2 aliphatic carbocycles. The molecular weight excluding hydrogens is 213 g/mol. The van der Waals surface area contributed by atoms with Gasteiger partial charge in [-0.15, -0.1) is 0 Å². The van der Waals surface area contributed by atoms with Gasteiger partial charge in [0.05, 0.1) is 0 Å². The van der Waals surface area contributed by atoms with Crippen LogP contribution in [0.25, 0.3) is 0 Å². The minimum absolute atomic E-state index is 0.131. The van der Waals surface area contributed by atoms with Gasteiger partial charge in [-0.2, -0.15) is 0 Å². The Kier molecular flexibility index (Phi) is 2.70. The molecule has 2 atom stereocenters. The van der Waals surface area contributed by atoms with Gasteiger partial charge in [-0.25, -0.2) is 4.39 Å². The van der Waals surface area contributed by atoms with Gasteiger partial charge in [-0.05, 0) is 61.3 Å². The third-order valence-electron chi connectivity index (χ3n) is 4.51. The van der Waals surface area contributed by atoms with Crippen molar-refractivity contribution in [2.75, 3.05) is 6.54 Å². The number of nitrogens with one attached hydrogen (secondary N) is 1. The van der Waals surface area contributed by atoms with Crippen molar-refractivity contribution in [2.24, 2.45) is 5.92 Å². The van der Waals surface area contributed by atoms with Gasteiger partial charge in [0.2, 0.25) is 0 Å². The molecule has 0 amide bonds. The van der Waals surface area contributed by atoms with Crippen molar-refractivity contribution < 1.29 is 4.39 Å². The molecule has 0 saturated heterocycles. The summed E-state index contributed by atoms with van der Waals surface area (Å²) in [7, 11) is 0.